The number of benzene rings is 3. The lowest BCUT2D eigenvalue weighted by Crippen LogP contribution is -2.14. The molecule has 0 saturated carbocycles. The van der Waals surface area contributed by atoms with E-state index in [-0.39, 0.29) is 22.9 Å². The van der Waals surface area contributed by atoms with Gasteiger partial charge < -0.3 is 15.4 Å². The first-order valence-corrected chi connectivity index (χ1v) is 10.6. The SMILES string of the molecule is COc1ccc(NC(=O)CSc2ccc(NC(=O)c3cccc([N+](=O)[O-])c3)cc2)cc1Cl. The van der Waals surface area contributed by atoms with Crippen LogP contribution in [0.2, 0.25) is 5.02 Å². The van der Waals surface area contributed by atoms with Crippen molar-refractivity contribution in [1.29, 1.82) is 0 Å². The number of carbonyl (C=O) groups excluding carboxylic acids is 2. The van der Waals surface area contributed by atoms with Crippen molar-refractivity contribution in [2.45, 2.75) is 4.90 Å². The van der Waals surface area contributed by atoms with Gasteiger partial charge in [0.2, 0.25) is 5.91 Å². The zero-order chi connectivity index (χ0) is 23.1. The van der Waals surface area contributed by atoms with Gasteiger partial charge in [-0.3, -0.25) is 19.7 Å². The zero-order valence-corrected chi connectivity index (χ0v) is 18.4. The quantitative estimate of drug-likeness (QED) is 0.264. The van der Waals surface area contributed by atoms with Crippen LogP contribution in [0.5, 0.6) is 5.75 Å². The van der Waals surface area contributed by atoms with E-state index in [1.165, 1.54) is 43.1 Å². The zero-order valence-electron chi connectivity index (χ0n) is 16.8. The van der Waals surface area contributed by atoms with Gasteiger partial charge >= 0.3 is 0 Å². The summed E-state index contributed by atoms with van der Waals surface area (Å²) in [4.78, 5) is 35.6. The lowest BCUT2D eigenvalue weighted by molar-refractivity contribution is -0.384. The molecule has 3 aromatic carbocycles. The predicted molar refractivity (Wildman–Crippen MR) is 125 cm³/mol. The van der Waals surface area contributed by atoms with Crippen LogP contribution in [0, 0.1) is 10.1 Å². The van der Waals surface area contributed by atoms with E-state index in [1.54, 1.807) is 42.5 Å². The summed E-state index contributed by atoms with van der Waals surface area (Å²) < 4.78 is 5.08. The van der Waals surface area contributed by atoms with Gasteiger partial charge in [0.1, 0.15) is 5.75 Å². The smallest absolute Gasteiger partial charge is 0.270 e. The van der Waals surface area contributed by atoms with Crippen LogP contribution in [-0.4, -0.2) is 29.6 Å². The fourth-order valence-corrected chi connectivity index (χ4v) is 3.64. The highest BCUT2D eigenvalue weighted by molar-refractivity contribution is 8.00. The Balaban J connectivity index is 1.52. The first-order chi connectivity index (χ1) is 15.4. The maximum atomic E-state index is 12.3. The molecule has 3 aromatic rings. The minimum Gasteiger partial charge on any atom is -0.495 e. The number of non-ortho nitro benzene ring substituents is 1. The van der Waals surface area contributed by atoms with Crippen molar-refractivity contribution in [2.24, 2.45) is 0 Å². The van der Waals surface area contributed by atoms with E-state index < -0.39 is 10.8 Å². The minimum atomic E-state index is -0.553. The van der Waals surface area contributed by atoms with Gasteiger partial charge in [-0.1, -0.05) is 17.7 Å². The number of methoxy groups -OCH3 is 1. The molecule has 3 rings (SSSR count). The molecule has 0 spiro atoms. The Kier molecular flexibility index (Phi) is 7.69. The van der Waals surface area contributed by atoms with Crippen LogP contribution in [0.3, 0.4) is 0 Å². The first kappa shape index (κ1) is 23.1. The summed E-state index contributed by atoms with van der Waals surface area (Å²) in [6.07, 6.45) is 0. The summed E-state index contributed by atoms with van der Waals surface area (Å²) in [5.74, 6) is 0.0610. The number of carbonyl (C=O) groups is 2. The van der Waals surface area contributed by atoms with Gasteiger partial charge in [0.25, 0.3) is 11.6 Å². The van der Waals surface area contributed by atoms with Crippen molar-refractivity contribution >= 4 is 52.2 Å². The highest BCUT2D eigenvalue weighted by Gasteiger charge is 2.12. The Hall–Kier alpha value is -3.56. The molecule has 0 unspecified atom stereocenters. The molecule has 2 N–H and O–H groups in total. The molecule has 0 aliphatic rings. The van der Waals surface area contributed by atoms with Crippen molar-refractivity contribution in [3.8, 4) is 5.75 Å². The fraction of sp³-hybridized carbons (Fsp3) is 0.0909. The average Bonchev–Trinajstić information content (AvgIpc) is 2.79. The number of hydrogen-bond donors (Lipinski definition) is 2. The number of ether oxygens (including phenoxy) is 1. The second-order valence-electron chi connectivity index (χ2n) is 6.47. The largest absolute Gasteiger partial charge is 0.495 e. The summed E-state index contributed by atoms with van der Waals surface area (Å²) in [6.45, 7) is 0. The number of thioether (sulfide) groups is 1. The van der Waals surface area contributed by atoms with Crippen LogP contribution in [0.25, 0.3) is 0 Å². The number of anilines is 2. The van der Waals surface area contributed by atoms with E-state index in [0.717, 1.165) is 4.90 Å². The number of nitrogens with zero attached hydrogens (tertiary/aromatic N) is 1. The third-order valence-corrected chi connectivity index (χ3v) is 5.54. The minimum absolute atomic E-state index is 0.153. The Morgan fingerprint density at radius 2 is 1.75 bits per heavy atom. The number of nitrogens with one attached hydrogen (secondary N) is 2. The summed E-state index contributed by atoms with van der Waals surface area (Å²) in [5, 5.41) is 16.7. The number of amides is 2. The van der Waals surface area contributed by atoms with Crippen LogP contribution in [-0.2, 0) is 4.79 Å². The van der Waals surface area contributed by atoms with Crippen LogP contribution in [0.4, 0.5) is 17.1 Å². The molecule has 0 aromatic heterocycles. The Labute approximate surface area is 193 Å². The van der Waals surface area contributed by atoms with Crippen molar-refractivity contribution in [1.82, 2.24) is 0 Å². The highest BCUT2D eigenvalue weighted by Crippen LogP contribution is 2.27. The van der Waals surface area contributed by atoms with Crippen LogP contribution >= 0.6 is 23.4 Å². The molecule has 0 saturated heterocycles. The van der Waals surface area contributed by atoms with E-state index in [1.807, 2.05) is 0 Å². The molecular weight excluding hydrogens is 454 g/mol. The van der Waals surface area contributed by atoms with Crippen LogP contribution in [0.15, 0.2) is 71.6 Å². The van der Waals surface area contributed by atoms with E-state index in [2.05, 4.69) is 10.6 Å². The molecule has 0 bridgehead atoms. The number of halogens is 1. The van der Waals surface area contributed by atoms with Crippen molar-refractivity contribution < 1.29 is 19.2 Å². The Bertz CT molecular complexity index is 1150. The van der Waals surface area contributed by atoms with Gasteiger partial charge in [-0.2, -0.15) is 0 Å². The van der Waals surface area contributed by atoms with Crippen LogP contribution < -0.4 is 15.4 Å². The molecule has 0 heterocycles. The molecule has 0 aliphatic carbocycles. The highest BCUT2D eigenvalue weighted by atomic mass is 35.5. The monoisotopic (exact) mass is 471 g/mol. The van der Waals surface area contributed by atoms with Crippen molar-refractivity contribution in [3.05, 3.63) is 87.4 Å². The average molecular weight is 472 g/mol. The molecule has 32 heavy (non-hydrogen) atoms. The van der Waals surface area contributed by atoms with Gasteiger partial charge in [-0.25, -0.2) is 0 Å². The maximum Gasteiger partial charge on any atom is 0.270 e. The Morgan fingerprint density at radius 3 is 2.41 bits per heavy atom. The fourth-order valence-electron chi connectivity index (χ4n) is 2.69. The van der Waals surface area contributed by atoms with Crippen LogP contribution in [0.1, 0.15) is 10.4 Å². The molecular formula is C22H18ClN3O5S. The van der Waals surface area contributed by atoms with Gasteiger partial charge in [0.05, 0.1) is 22.8 Å². The van der Waals surface area contributed by atoms with Gasteiger partial charge in [-0.15, -0.1) is 11.8 Å². The van der Waals surface area contributed by atoms with Crippen molar-refractivity contribution in [2.75, 3.05) is 23.5 Å². The second kappa shape index (κ2) is 10.7. The third kappa shape index (κ3) is 6.22. The topological polar surface area (TPSA) is 111 Å². The lowest BCUT2D eigenvalue weighted by atomic mass is 10.2. The maximum absolute atomic E-state index is 12.3. The number of nitro groups is 1. The summed E-state index contributed by atoms with van der Waals surface area (Å²) in [7, 11) is 1.51. The summed E-state index contributed by atoms with van der Waals surface area (Å²) in [6, 6.07) is 17.4. The number of hydrogen-bond acceptors (Lipinski definition) is 6. The number of rotatable bonds is 8. The van der Waals surface area contributed by atoms with Gasteiger partial charge in [-0.05, 0) is 48.5 Å². The normalized spacial score (nSPS) is 10.3. The predicted octanol–water partition coefficient (Wildman–Crippen LogP) is 5.24. The molecule has 10 heteroatoms. The van der Waals surface area contributed by atoms with E-state index in [4.69, 9.17) is 16.3 Å². The van der Waals surface area contributed by atoms with Crippen molar-refractivity contribution in [3.63, 3.8) is 0 Å². The molecule has 8 nitrogen and oxygen atoms in total. The van der Waals surface area contributed by atoms with Gasteiger partial charge in [0, 0.05) is 34.0 Å². The molecule has 164 valence electrons. The summed E-state index contributed by atoms with van der Waals surface area (Å²) in [5.41, 5.74) is 1.14. The molecule has 0 radical (unpaired) electrons. The molecule has 0 fully saturated rings. The molecule has 0 atom stereocenters. The molecule has 2 amide bonds. The second-order valence-corrected chi connectivity index (χ2v) is 7.93. The first-order valence-electron chi connectivity index (χ1n) is 9.28. The standard InChI is InChI=1S/C22H18ClN3O5S/c1-31-20-10-7-16(12-19(20)23)24-21(27)13-32-18-8-5-15(6-9-18)25-22(28)14-3-2-4-17(11-14)26(29)30/h2-12H,13H2,1H3,(H,24,27)(H,25,28). The number of nitro benzene ring substituents is 1. The molecule has 0 aliphatic heterocycles. The van der Waals surface area contributed by atoms with E-state index in [0.29, 0.717) is 22.1 Å². The lowest BCUT2D eigenvalue weighted by Gasteiger charge is -2.09. The Morgan fingerprint density at radius 1 is 1.03 bits per heavy atom. The third-order valence-electron chi connectivity index (χ3n) is 4.24. The van der Waals surface area contributed by atoms with E-state index in [9.17, 15) is 19.7 Å². The van der Waals surface area contributed by atoms with E-state index >= 15 is 0 Å². The van der Waals surface area contributed by atoms with Gasteiger partial charge in [0.15, 0.2) is 0 Å². The summed E-state index contributed by atoms with van der Waals surface area (Å²) >= 11 is 7.39.